The molecule has 116 valence electrons. The zero-order chi connectivity index (χ0) is 16.1. The molecule has 0 radical (unpaired) electrons. The van der Waals surface area contributed by atoms with Gasteiger partial charge in [-0.1, -0.05) is 6.92 Å². The van der Waals surface area contributed by atoms with E-state index in [9.17, 15) is 40.7 Å². The minimum absolute atomic E-state index is 0.0302. The van der Waals surface area contributed by atoms with Crippen molar-refractivity contribution < 1.29 is 50.2 Å². The lowest BCUT2D eigenvalue weighted by Gasteiger charge is -2.18. The molecule has 0 N–H and O–H groups in total. The molecule has 5 nitrogen and oxygen atoms in total. The molecule has 0 rings (SSSR count). The molecule has 0 bridgehead atoms. The van der Waals surface area contributed by atoms with E-state index < -0.39 is 42.8 Å². The van der Waals surface area contributed by atoms with Crippen molar-refractivity contribution in [3.63, 3.8) is 0 Å². The van der Waals surface area contributed by atoms with E-state index in [0.29, 0.717) is 0 Å². The number of halogens is 6. The van der Waals surface area contributed by atoms with Gasteiger partial charge in [0.15, 0.2) is 0 Å². The van der Waals surface area contributed by atoms with Crippen LogP contribution in [-0.2, 0) is 23.9 Å². The van der Waals surface area contributed by atoms with Gasteiger partial charge in [-0.3, -0.25) is 4.79 Å². The van der Waals surface area contributed by atoms with Crippen LogP contribution in [0.1, 0.15) is 19.8 Å². The molecule has 0 aliphatic heterocycles. The lowest BCUT2D eigenvalue weighted by Crippen LogP contribution is -2.40. The van der Waals surface area contributed by atoms with E-state index in [0.717, 1.165) is 0 Å². The predicted molar refractivity (Wildman–Crippen MR) is 48.0 cm³/mol. The van der Waals surface area contributed by atoms with Crippen molar-refractivity contribution in [2.75, 3.05) is 0 Å². The van der Waals surface area contributed by atoms with E-state index in [2.05, 4.69) is 9.47 Å². The minimum atomic E-state index is -5.55. The Labute approximate surface area is 107 Å². The van der Waals surface area contributed by atoms with Crippen molar-refractivity contribution in [1.82, 2.24) is 0 Å². The SMILES string of the molecule is CCCC(=O)C(OC(=O)C(F)(F)F)OC(=O)C(F)(F)F. The Bertz CT molecular complexity index is 357. The molecule has 0 heterocycles. The molecule has 0 aromatic carbocycles. The molecule has 0 aliphatic rings. The van der Waals surface area contributed by atoms with Crippen molar-refractivity contribution in [2.45, 2.75) is 38.4 Å². The smallest absolute Gasteiger partial charge is 0.411 e. The third-order valence-corrected chi connectivity index (χ3v) is 1.65. The zero-order valence-electron chi connectivity index (χ0n) is 9.80. The second-order valence-corrected chi connectivity index (χ2v) is 3.35. The molecule has 20 heavy (non-hydrogen) atoms. The number of esters is 2. The Kier molecular flexibility index (Phi) is 5.97. The van der Waals surface area contributed by atoms with Gasteiger partial charge in [-0.2, -0.15) is 26.3 Å². The third-order valence-electron chi connectivity index (χ3n) is 1.65. The van der Waals surface area contributed by atoms with Gasteiger partial charge in [0.25, 0.3) is 0 Å². The topological polar surface area (TPSA) is 69.7 Å². The van der Waals surface area contributed by atoms with Crippen LogP contribution in [0, 0.1) is 0 Å². The summed E-state index contributed by atoms with van der Waals surface area (Å²) in [7, 11) is 0. The van der Waals surface area contributed by atoms with Gasteiger partial charge in [-0.25, -0.2) is 9.59 Å². The van der Waals surface area contributed by atoms with Gasteiger partial charge in [-0.15, -0.1) is 0 Å². The van der Waals surface area contributed by atoms with Crippen LogP contribution in [0.5, 0.6) is 0 Å². The fraction of sp³-hybridized carbons (Fsp3) is 0.667. The van der Waals surface area contributed by atoms with Crippen LogP contribution < -0.4 is 0 Å². The average Bonchev–Trinajstić information content (AvgIpc) is 2.25. The number of rotatable bonds is 5. The first-order valence-corrected chi connectivity index (χ1v) is 4.98. The number of ketones is 1. The maximum Gasteiger partial charge on any atom is 0.491 e. The van der Waals surface area contributed by atoms with Crippen LogP contribution in [0.4, 0.5) is 26.3 Å². The first-order valence-electron chi connectivity index (χ1n) is 4.98. The molecule has 0 fully saturated rings. The maximum atomic E-state index is 11.9. The largest absolute Gasteiger partial charge is 0.491 e. The van der Waals surface area contributed by atoms with E-state index in [1.54, 1.807) is 0 Å². The summed E-state index contributed by atoms with van der Waals surface area (Å²) in [5.41, 5.74) is 0. The average molecular weight is 310 g/mol. The van der Waals surface area contributed by atoms with Crippen LogP contribution in [0.15, 0.2) is 0 Å². The standard InChI is InChI=1S/C9H8F6O5/c1-2-3-4(16)5(19-6(17)8(10,11)12)20-7(18)9(13,14)15/h5H,2-3H2,1H3. The first kappa shape index (κ1) is 18.2. The number of hydrogen-bond acceptors (Lipinski definition) is 5. The number of Topliss-reactive ketones (excluding diaryl/α,β-unsaturated/α-hetero) is 1. The highest BCUT2D eigenvalue weighted by Gasteiger charge is 2.47. The summed E-state index contributed by atoms with van der Waals surface area (Å²) in [5.74, 6) is -7.29. The van der Waals surface area contributed by atoms with Crippen molar-refractivity contribution in [3.8, 4) is 0 Å². The van der Waals surface area contributed by atoms with Gasteiger partial charge in [0, 0.05) is 6.42 Å². The summed E-state index contributed by atoms with van der Waals surface area (Å²) in [4.78, 5) is 32.1. The second kappa shape index (κ2) is 6.57. The fourth-order valence-corrected chi connectivity index (χ4v) is 0.848. The second-order valence-electron chi connectivity index (χ2n) is 3.35. The molecular weight excluding hydrogens is 302 g/mol. The van der Waals surface area contributed by atoms with Crippen LogP contribution in [-0.4, -0.2) is 36.4 Å². The Balaban J connectivity index is 4.97. The minimum Gasteiger partial charge on any atom is -0.411 e. The highest BCUT2D eigenvalue weighted by molar-refractivity contribution is 5.88. The molecule has 0 saturated heterocycles. The van der Waals surface area contributed by atoms with E-state index in [1.807, 2.05) is 0 Å². The summed E-state index contributed by atoms with van der Waals surface area (Å²) in [6, 6.07) is 0. The molecule has 0 aromatic heterocycles. The summed E-state index contributed by atoms with van der Waals surface area (Å²) in [6.45, 7) is 1.38. The Morgan fingerprint density at radius 3 is 1.50 bits per heavy atom. The van der Waals surface area contributed by atoms with E-state index >= 15 is 0 Å². The number of carbonyl (C=O) groups is 3. The van der Waals surface area contributed by atoms with Crippen molar-refractivity contribution >= 4 is 17.7 Å². The van der Waals surface area contributed by atoms with Gasteiger partial charge in [0.05, 0.1) is 0 Å². The molecular formula is C9H8F6O5. The monoisotopic (exact) mass is 310 g/mol. The highest BCUT2D eigenvalue weighted by Crippen LogP contribution is 2.21. The molecule has 0 aliphatic carbocycles. The number of alkyl halides is 6. The fourth-order valence-electron chi connectivity index (χ4n) is 0.848. The van der Waals surface area contributed by atoms with Crippen molar-refractivity contribution in [3.05, 3.63) is 0 Å². The van der Waals surface area contributed by atoms with Gasteiger partial charge < -0.3 is 9.47 Å². The number of ether oxygens (including phenoxy) is 2. The maximum absolute atomic E-state index is 11.9. The van der Waals surface area contributed by atoms with Crippen molar-refractivity contribution in [2.24, 2.45) is 0 Å². The molecule has 0 amide bonds. The summed E-state index contributed by atoms with van der Waals surface area (Å²) in [5, 5.41) is 0. The lowest BCUT2D eigenvalue weighted by atomic mass is 10.2. The van der Waals surface area contributed by atoms with Crippen LogP contribution in [0.3, 0.4) is 0 Å². The third kappa shape index (κ3) is 5.89. The zero-order valence-corrected chi connectivity index (χ0v) is 9.80. The quantitative estimate of drug-likeness (QED) is 0.440. The van der Waals surface area contributed by atoms with E-state index in [-0.39, 0.29) is 6.42 Å². The van der Waals surface area contributed by atoms with E-state index in [1.165, 1.54) is 6.92 Å². The van der Waals surface area contributed by atoms with Crippen molar-refractivity contribution in [1.29, 1.82) is 0 Å². The summed E-state index contributed by atoms with van der Waals surface area (Å²) < 4.78 is 78.2. The number of carbonyl (C=O) groups excluding carboxylic acids is 3. The molecule has 0 aromatic rings. The van der Waals surface area contributed by atoms with Gasteiger partial charge in [-0.05, 0) is 6.42 Å². The number of hydrogen-bond donors (Lipinski definition) is 0. The summed E-state index contributed by atoms with van der Waals surface area (Å²) >= 11 is 0. The van der Waals surface area contributed by atoms with Gasteiger partial charge in [0.2, 0.25) is 5.78 Å². The Hall–Kier alpha value is -1.81. The lowest BCUT2D eigenvalue weighted by molar-refractivity contribution is -0.238. The molecule has 11 heteroatoms. The van der Waals surface area contributed by atoms with Crippen LogP contribution >= 0.6 is 0 Å². The van der Waals surface area contributed by atoms with Crippen LogP contribution in [0.25, 0.3) is 0 Å². The van der Waals surface area contributed by atoms with Gasteiger partial charge in [0.1, 0.15) is 0 Å². The van der Waals surface area contributed by atoms with Gasteiger partial charge >= 0.3 is 30.6 Å². The van der Waals surface area contributed by atoms with E-state index in [4.69, 9.17) is 0 Å². The first-order chi connectivity index (χ1) is 8.89. The Morgan fingerprint density at radius 2 is 1.25 bits per heavy atom. The highest BCUT2D eigenvalue weighted by atomic mass is 19.4. The molecule has 0 spiro atoms. The summed E-state index contributed by atoms with van der Waals surface area (Å²) in [6.07, 6.45) is -14.5. The molecule has 0 atom stereocenters. The normalized spacial score (nSPS) is 12.2. The van der Waals surface area contributed by atoms with Crippen LogP contribution in [0.2, 0.25) is 0 Å². The Morgan fingerprint density at radius 1 is 0.900 bits per heavy atom. The molecule has 0 unspecified atom stereocenters. The molecule has 0 saturated carbocycles. The predicted octanol–water partition coefficient (Wildman–Crippen LogP) is 1.89.